The van der Waals surface area contributed by atoms with Gasteiger partial charge in [-0.3, -0.25) is 20.4 Å². The Hall–Kier alpha value is -2.79. The summed E-state index contributed by atoms with van der Waals surface area (Å²) < 4.78 is 5.53. The first kappa shape index (κ1) is 18.5. The molecule has 0 fully saturated rings. The molecule has 0 aliphatic rings. The Morgan fingerprint density at radius 3 is 2.52 bits per heavy atom. The Morgan fingerprint density at radius 2 is 1.80 bits per heavy atom. The first-order valence-electron chi connectivity index (χ1n) is 7.86. The van der Waals surface area contributed by atoms with Crippen LogP contribution in [0.2, 0.25) is 5.02 Å². The second-order valence-corrected chi connectivity index (χ2v) is 5.61. The molecular weight excluding hydrogens is 340 g/mol. The van der Waals surface area contributed by atoms with E-state index in [9.17, 15) is 9.59 Å². The molecule has 0 aromatic heterocycles. The van der Waals surface area contributed by atoms with Crippen molar-refractivity contribution in [2.75, 3.05) is 6.61 Å². The lowest BCUT2D eigenvalue weighted by Crippen LogP contribution is -2.40. The highest BCUT2D eigenvalue weighted by molar-refractivity contribution is 6.30. The van der Waals surface area contributed by atoms with Crippen LogP contribution in [0, 0.1) is 0 Å². The van der Waals surface area contributed by atoms with Gasteiger partial charge in [0.1, 0.15) is 5.75 Å². The maximum absolute atomic E-state index is 12.2. The number of halogens is 1. The molecule has 5 nitrogen and oxygen atoms in total. The summed E-state index contributed by atoms with van der Waals surface area (Å²) in [5.41, 5.74) is 5.89. The van der Waals surface area contributed by atoms with Crippen molar-refractivity contribution in [3.8, 4) is 5.75 Å². The van der Waals surface area contributed by atoms with E-state index in [0.29, 0.717) is 22.9 Å². The summed E-state index contributed by atoms with van der Waals surface area (Å²) in [6.07, 6.45) is 3.78. The van der Waals surface area contributed by atoms with E-state index in [1.54, 1.807) is 54.6 Å². The predicted octanol–water partition coefficient (Wildman–Crippen LogP) is 3.60. The van der Waals surface area contributed by atoms with Gasteiger partial charge in [-0.2, -0.15) is 0 Å². The molecule has 6 heteroatoms. The first-order chi connectivity index (χ1) is 12.1. The number of hydrogen-bond donors (Lipinski definition) is 2. The topological polar surface area (TPSA) is 67.4 Å². The van der Waals surface area contributed by atoms with Crippen molar-refractivity contribution in [3.05, 3.63) is 70.8 Å². The second kappa shape index (κ2) is 9.49. The average Bonchev–Trinajstić information content (AvgIpc) is 2.64. The largest absolute Gasteiger partial charge is 0.493 e. The molecule has 0 atom stereocenters. The van der Waals surface area contributed by atoms with Crippen molar-refractivity contribution in [1.29, 1.82) is 0 Å². The molecule has 0 spiro atoms. The third-order valence-corrected chi connectivity index (χ3v) is 3.44. The smallest absolute Gasteiger partial charge is 0.273 e. The number of hydrazine groups is 1. The zero-order valence-corrected chi connectivity index (χ0v) is 14.5. The summed E-state index contributed by atoms with van der Waals surface area (Å²) in [5.74, 6) is -0.414. The molecule has 130 valence electrons. The number of para-hydroxylation sites is 1. The third-order valence-electron chi connectivity index (χ3n) is 3.19. The van der Waals surface area contributed by atoms with Crippen molar-refractivity contribution < 1.29 is 14.3 Å². The molecule has 2 amide bonds. The van der Waals surface area contributed by atoms with Gasteiger partial charge in [0.05, 0.1) is 12.2 Å². The van der Waals surface area contributed by atoms with E-state index in [1.807, 2.05) is 6.92 Å². The van der Waals surface area contributed by atoms with Crippen LogP contribution in [-0.4, -0.2) is 18.4 Å². The summed E-state index contributed by atoms with van der Waals surface area (Å²) in [7, 11) is 0. The fourth-order valence-electron chi connectivity index (χ4n) is 1.97. The van der Waals surface area contributed by atoms with Gasteiger partial charge in [-0.15, -0.1) is 0 Å². The quantitative estimate of drug-likeness (QED) is 0.612. The van der Waals surface area contributed by atoms with E-state index in [1.165, 1.54) is 6.08 Å². The molecule has 0 unspecified atom stereocenters. The lowest BCUT2D eigenvalue weighted by molar-refractivity contribution is -0.117. The van der Waals surface area contributed by atoms with Gasteiger partial charge in [0.25, 0.3) is 11.8 Å². The van der Waals surface area contributed by atoms with Gasteiger partial charge >= 0.3 is 0 Å². The summed E-state index contributed by atoms with van der Waals surface area (Å²) >= 11 is 5.80. The monoisotopic (exact) mass is 358 g/mol. The zero-order valence-electron chi connectivity index (χ0n) is 13.8. The summed E-state index contributed by atoms with van der Waals surface area (Å²) in [5, 5.41) is 0.623. The highest BCUT2D eigenvalue weighted by Gasteiger charge is 2.12. The van der Waals surface area contributed by atoms with Crippen LogP contribution in [0.5, 0.6) is 5.75 Å². The number of nitrogens with one attached hydrogen (secondary N) is 2. The average molecular weight is 359 g/mol. The fourth-order valence-corrected chi connectivity index (χ4v) is 2.09. The van der Waals surface area contributed by atoms with E-state index < -0.39 is 11.8 Å². The Bertz CT molecular complexity index is 758. The standard InChI is InChI=1S/C19H19ClN2O3/c1-2-13-25-17-6-4-3-5-16(17)19(24)22-21-18(23)12-9-14-7-10-15(20)11-8-14/h3-12H,2,13H2,1H3,(H,21,23)(H,22,24)/b12-9+. The summed E-state index contributed by atoms with van der Waals surface area (Å²) in [6.45, 7) is 2.50. The van der Waals surface area contributed by atoms with Crippen LogP contribution >= 0.6 is 11.6 Å². The number of carbonyl (C=O) groups excluding carboxylic acids is 2. The molecule has 2 rings (SSSR count). The molecule has 0 bridgehead atoms. The molecule has 2 N–H and O–H groups in total. The minimum atomic E-state index is -0.449. The molecular formula is C19H19ClN2O3. The van der Waals surface area contributed by atoms with Gasteiger partial charge in [0.2, 0.25) is 0 Å². The van der Waals surface area contributed by atoms with Gasteiger partial charge in [0, 0.05) is 11.1 Å². The number of ether oxygens (including phenoxy) is 1. The van der Waals surface area contributed by atoms with E-state index in [-0.39, 0.29) is 0 Å². The Morgan fingerprint density at radius 1 is 1.08 bits per heavy atom. The minimum absolute atomic E-state index is 0.359. The van der Waals surface area contributed by atoms with Crippen molar-refractivity contribution in [3.63, 3.8) is 0 Å². The van der Waals surface area contributed by atoms with E-state index in [0.717, 1.165) is 12.0 Å². The maximum Gasteiger partial charge on any atom is 0.273 e. The van der Waals surface area contributed by atoms with Gasteiger partial charge in [0.15, 0.2) is 0 Å². The molecule has 0 aliphatic carbocycles. The third kappa shape index (κ3) is 5.97. The number of amides is 2. The Labute approximate surface area is 151 Å². The van der Waals surface area contributed by atoms with Crippen molar-refractivity contribution in [2.24, 2.45) is 0 Å². The van der Waals surface area contributed by atoms with Crippen LogP contribution in [-0.2, 0) is 4.79 Å². The Kier molecular flexibility index (Phi) is 7.04. The molecule has 0 radical (unpaired) electrons. The van der Waals surface area contributed by atoms with Gasteiger partial charge < -0.3 is 4.74 Å². The van der Waals surface area contributed by atoms with E-state index >= 15 is 0 Å². The molecule has 2 aromatic carbocycles. The molecule has 0 saturated carbocycles. The van der Waals surface area contributed by atoms with E-state index in [2.05, 4.69) is 10.9 Å². The summed E-state index contributed by atoms with van der Waals surface area (Å²) in [4.78, 5) is 24.0. The molecule has 0 saturated heterocycles. The van der Waals surface area contributed by atoms with Crippen molar-refractivity contribution in [1.82, 2.24) is 10.9 Å². The lowest BCUT2D eigenvalue weighted by Gasteiger charge is -2.11. The van der Waals surface area contributed by atoms with Crippen LogP contribution in [0.25, 0.3) is 6.08 Å². The normalized spacial score (nSPS) is 10.5. The maximum atomic E-state index is 12.2. The highest BCUT2D eigenvalue weighted by Crippen LogP contribution is 2.17. The molecule has 0 heterocycles. The number of hydrogen-bond acceptors (Lipinski definition) is 3. The lowest BCUT2D eigenvalue weighted by atomic mass is 10.2. The minimum Gasteiger partial charge on any atom is -0.493 e. The second-order valence-electron chi connectivity index (χ2n) is 5.17. The molecule has 25 heavy (non-hydrogen) atoms. The van der Waals surface area contributed by atoms with Crippen LogP contribution in [0.4, 0.5) is 0 Å². The predicted molar refractivity (Wildman–Crippen MR) is 98.3 cm³/mol. The molecule has 0 aliphatic heterocycles. The number of rotatable bonds is 6. The number of carbonyl (C=O) groups is 2. The fraction of sp³-hybridized carbons (Fsp3) is 0.158. The van der Waals surface area contributed by atoms with Crippen LogP contribution in [0.3, 0.4) is 0 Å². The van der Waals surface area contributed by atoms with Crippen molar-refractivity contribution in [2.45, 2.75) is 13.3 Å². The Balaban J connectivity index is 1.91. The van der Waals surface area contributed by atoms with Gasteiger partial charge in [-0.05, 0) is 42.3 Å². The van der Waals surface area contributed by atoms with Crippen molar-refractivity contribution >= 4 is 29.5 Å². The van der Waals surface area contributed by atoms with Crippen LogP contribution in [0.1, 0.15) is 29.3 Å². The van der Waals surface area contributed by atoms with Crippen LogP contribution < -0.4 is 15.6 Å². The zero-order chi connectivity index (χ0) is 18.1. The van der Waals surface area contributed by atoms with Crippen LogP contribution in [0.15, 0.2) is 54.6 Å². The molecule has 2 aromatic rings. The summed E-state index contributed by atoms with van der Waals surface area (Å²) in [6, 6.07) is 13.9. The van der Waals surface area contributed by atoms with Gasteiger partial charge in [-0.25, -0.2) is 0 Å². The van der Waals surface area contributed by atoms with E-state index in [4.69, 9.17) is 16.3 Å². The first-order valence-corrected chi connectivity index (χ1v) is 8.23. The van der Waals surface area contributed by atoms with Gasteiger partial charge in [-0.1, -0.05) is 42.8 Å². The highest BCUT2D eigenvalue weighted by atomic mass is 35.5. The number of benzene rings is 2. The SMILES string of the molecule is CCCOc1ccccc1C(=O)NNC(=O)/C=C/c1ccc(Cl)cc1.